The molecule has 3 rings (SSSR count). The third kappa shape index (κ3) is 5.04. The van der Waals surface area contributed by atoms with Gasteiger partial charge in [-0.1, -0.05) is 12.1 Å². The van der Waals surface area contributed by atoms with E-state index in [1.165, 1.54) is 18.4 Å². The van der Waals surface area contributed by atoms with E-state index < -0.39 is 11.7 Å². The minimum atomic E-state index is -4.35. The lowest BCUT2D eigenvalue weighted by atomic mass is 10.1. The summed E-state index contributed by atoms with van der Waals surface area (Å²) in [5, 5.41) is 7.74. The Morgan fingerprint density at radius 2 is 1.81 bits per heavy atom. The fourth-order valence-electron chi connectivity index (χ4n) is 1.94. The largest absolute Gasteiger partial charge is 0.470 e. The molecular weight excluding hydrogens is 462 g/mol. The quantitative estimate of drug-likeness (QED) is 0.497. The van der Waals surface area contributed by atoms with Crippen LogP contribution in [-0.2, 0) is 12.8 Å². The lowest BCUT2D eigenvalue weighted by molar-refractivity contribution is -0.137. The summed E-state index contributed by atoms with van der Waals surface area (Å²) in [6.07, 6.45) is 0.270. The van der Waals surface area contributed by atoms with Crippen LogP contribution in [-0.4, -0.2) is 15.2 Å². The molecule has 1 aromatic carbocycles. The Hall–Kier alpha value is -2.43. The number of halogens is 4. The lowest BCUT2D eigenvalue weighted by Gasteiger charge is -2.05. The fourth-order valence-corrected chi connectivity index (χ4v) is 2.23. The molecule has 26 heavy (non-hydrogen) atoms. The second-order valence-corrected chi connectivity index (χ2v) is 6.22. The smallest absolute Gasteiger partial charge is 0.416 e. The predicted molar refractivity (Wildman–Crippen MR) is 96.0 cm³/mol. The minimum absolute atomic E-state index is 0.160. The van der Waals surface area contributed by atoms with Crippen molar-refractivity contribution in [3.05, 3.63) is 69.1 Å². The molecule has 0 radical (unpaired) electrons. The molecule has 2 heterocycles. The first kappa shape index (κ1) is 18.4. The maximum absolute atomic E-state index is 12.5. The summed E-state index contributed by atoms with van der Waals surface area (Å²) in [6.45, 7) is 0.160. The number of oxazole rings is 1. The van der Waals surface area contributed by atoms with Crippen molar-refractivity contribution >= 4 is 34.7 Å². The molecule has 0 spiro atoms. The van der Waals surface area contributed by atoms with Crippen molar-refractivity contribution in [3.63, 3.8) is 0 Å². The van der Waals surface area contributed by atoms with Crippen LogP contribution in [0.1, 0.15) is 22.7 Å². The Labute approximate surface area is 160 Å². The highest BCUT2D eigenvalue weighted by Gasteiger charge is 2.29. The van der Waals surface area contributed by atoms with Crippen LogP contribution in [0.2, 0.25) is 0 Å². The van der Waals surface area contributed by atoms with Gasteiger partial charge in [0, 0.05) is 12.1 Å². The van der Waals surface area contributed by atoms with Crippen LogP contribution in [0.15, 0.2) is 47.1 Å². The lowest BCUT2D eigenvalue weighted by Crippen LogP contribution is -2.03. The highest BCUT2D eigenvalue weighted by Crippen LogP contribution is 2.29. The first-order valence-corrected chi connectivity index (χ1v) is 8.40. The normalized spacial score (nSPS) is 11.8. The molecular formula is C17H11F3IN3O2. The number of benzene rings is 1. The topological polar surface area (TPSA) is 61.0 Å². The van der Waals surface area contributed by atoms with Gasteiger partial charge in [-0.05, 0) is 52.4 Å². The van der Waals surface area contributed by atoms with Crippen LogP contribution < -0.4 is 4.74 Å². The van der Waals surface area contributed by atoms with E-state index in [-0.39, 0.29) is 6.61 Å². The Morgan fingerprint density at radius 1 is 1.04 bits per heavy atom. The van der Waals surface area contributed by atoms with Crippen molar-refractivity contribution in [2.24, 2.45) is 0 Å². The zero-order valence-corrected chi connectivity index (χ0v) is 15.2. The molecule has 134 valence electrons. The van der Waals surface area contributed by atoms with Crippen molar-refractivity contribution in [3.8, 4) is 5.88 Å². The van der Waals surface area contributed by atoms with Gasteiger partial charge in [0.1, 0.15) is 22.3 Å². The summed E-state index contributed by atoms with van der Waals surface area (Å²) in [5.74, 6) is 0.687. The van der Waals surface area contributed by atoms with E-state index in [1.54, 1.807) is 24.3 Å². The summed E-state index contributed by atoms with van der Waals surface area (Å²) in [5.41, 5.74) is 0.462. The highest BCUT2D eigenvalue weighted by molar-refractivity contribution is 14.1. The van der Waals surface area contributed by atoms with E-state index in [1.807, 2.05) is 22.6 Å². The van der Waals surface area contributed by atoms with Crippen molar-refractivity contribution in [2.75, 3.05) is 0 Å². The standard InChI is InChI=1S/C17H11F3IN3O2/c18-17(19,20)12-4-1-11(2-5-12)3-7-15-22-13(9-25-15)10-26-16-8-6-14(21)23-24-16/h1-9H,10H2/b7-3+. The van der Waals surface area contributed by atoms with Gasteiger partial charge in [-0.2, -0.15) is 13.2 Å². The van der Waals surface area contributed by atoms with Gasteiger partial charge < -0.3 is 9.15 Å². The Morgan fingerprint density at radius 3 is 2.46 bits per heavy atom. The second kappa shape index (κ2) is 7.85. The number of hydrogen-bond acceptors (Lipinski definition) is 5. The molecule has 0 bridgehead atoms. The average Bonchev–Trinajstić information content (AvgIpc) is 3.07. The Kier molecular flexibility index (Phi) is 5.55. The van der Waals surface area contributed by atoms with Crippen LogP contribution >= 0.6 is 22.6 Å². The molecule has 0 fully saturated rings. The number of hydrogen-bond donors (Lipinski definition) is 0. The molecule has 0 saturated heterocycles. The third-order valence-electron chi connectivity index (χ3n) is 3.20. The first-order chi connectivity index (χ1) is 12.4. The maximum atomic E-state index is 12.5. The van der Waals surface area contributed by atoms with Crippen LogP contribution in [0.5, 0.6) is 5.88 Å². The van der Waals surface area contributed by atoms with E-state index in [9.17, 15) is 13.2 Å². The minimum Gasteiger partial charge on any atom is -0.470 e. The van der Waals surface area contributed by atoms with Crippen molar-refractivity contribution in [1.82, 2.24) is 15.2 Å². The fraction of sp³-hybridized carbons (Fsp3) is 0.118. The third-order valence-corrected chi connectivity index (χ3v) is 3.78. The van der Waals surface area contributed by atoms with Gasteiger partial charge in [0.2, 0.25) is 11.8 Å². The number of aromatic nitrogens is 3. The average molecular weight is 473 g/mol. The number of ether oxygens (including phenoxy) is 1. The molecule has 0 aliphatic heterocycles. The van der Waals surface area contributed by atoms with Crippen LogP contribution in [0.25, 0.3) is 12.2 Å². The zero-order valence-electron chi connectivity index (χ0n) is 13.1. The van der Waals surface area contributed by atoms with Crippen molar-refractivity contribution in [1.29, 1.82) is 0 Å². The SMILES string of the molecule is FC(F)(F)c1ccc(/C=C/c2nc(COc3ccc(I)nn3)co2)cc1. The van der Waals surface area contributed by atoms with Gasteiger partial charge in [0.05, 0.1) is 5.56 Å². The van der Waals surface area contributed by atoms with E-state index in [0.717, 1.165) is 15.8 Å². The molecule has 9 heteroatoms. The molecule has 5 nitrogen and oxygen atoms in total. The number of nitrogens with zero attached hydrogens (tertiary/aromatic N) is 3. The molecule has 3 aromatic rings. The summed E-state index contributed by atoms with van der Waals surface area (Å²) >= 11 is 2.04. The van der Waals surface area contributed by atoms with Gasteiger partial charge in [0.25, 0.3) is 0 Å². The van der Waals surface area contributed by atoms with Gasteiger partial charge >= 0.3 is 6.18 Å². The molecule has 2 aromatic heterocycles. The maximum Gasteiger partial charge on any atom is 0.416 e. The monoisotopic (exact) mass is 473 g/mol. The Balaban J connectivity index is 1.59. The van der Waals surface area contributed by atoms with E-state index >= 15 is 0 Å². The van der Waals surface area contributed by atoms with Crippen LogP contribution in [0.4, 0.5) is 13.2 Å². The number of rotatable bonds is 5. The molecule has 0 atom stereocenters. The van der Waals surface area contributed by atoms with Gasteiger partial charge in [0.15, 0.2) is 0 Å². The second-order valence-electron chi connectivity index (χ2n) is 5.11. The van der Waals surface area contributed by atoms with Gasteiger partial charge in [-0.15, -0.1) is 10.2 Å². The van der Waals surface area contributed by atoms with E-state index in [4.69, 9.17) is 9.15 Å². The highest BCUT2D eigenvalue weighted by atomic mass is 127. The van der Waals surface area contributed by atoms with Crippen molar-refractivity contribution < 1.29 is 22.3 Å². The zero-order chi connectivity index (χ0) is 18.6. The summed E-state index contributed by atoms with van der Waals surface area (Å²) in [6, 6.07) is 8.26. The number of alkyl halides is 3. The molecule has 0 N–H and O–H groups in total. The molecule has 0 unspecified atom stereocenters. The summed E-state index contributed by atoms with van der Waals surface area (Å²) < 4.78 is 49.0. The van der Waals surface area contributed by atoms with E-state index in [0.29, 0.717) is 23.0 Å². The molecule has 0 saturated carbocycles. The van der Waals surface area contributed by atoms with Crippen LogP contribution in [0, 0.1) is 3.70 Å². The summed E-state index contributed by atoms with van der Waals surface area (Å²) in [4.78, 5) is 4.21. The molecule has 0 aliphatic carbocycles. The molecule has 0 aliphatic rings. The van der Waals surface area contributed by atoms with Crippen molar-refractivity contribution in [2.45, 2.75) is 12.8 Å². The van der Waals surface area contributed by atoms with Crippen LogP contribution in [0.3, 0.4) is 0 Å². The predicted octanol–water partition coefficient (Wildman–Crippen LogP) is 4.84. The Bertz CT molecular complexity index is 891. The summed E-state index contributed by atoms with van der Waals surface area (Å²) in [7, 11) is 0. The van der Waals surface area contributed by atoms with Gasteiger partial charge in [-0.3, -0.25) is 0 Å². The first-order valence-electron chi connectivity index (χ1n) is 7.32. The van der Waals surface area contributed by atoms with Gasteiger partial charge in [-0.25, -0.2) is 4.98 Å². The molecule has 0 amide bonds. The van der Waals surface area contributed by atoms with E-state index in [2.05, 4.69) is 15.2 Å².